The Labute approximate surface area is 158 Å². The van der Waals surface area contributed by atoms with Crippen molar-refractivity contribution in [2.24, 2.45) is 5.92 Å². The Kier molecular flexibility index (Phi) is 4.75. The Morgan fingerprint density at radius 2 is 2.11 bits per heavy atom. The lowest BCUT2D eigenvalue weighted by Gasteiger charge is -2.24. The SMILES string of the molecule is CC(C)Cc1cc(C(=O)N2CCC[C@@H]2c2[nH]ncc2-c2ccncc2)n[nH]1. The molecule has 27 heavy (non-hydrogen) atoms. The van der Waals surface area contributed by atoms with Crippen LogP contribution in [0.1, 0.15) is 54.6 Å². The zero-order valence-electron chi connectivity index (χ0n) is 15.6. The molecule has 0 bridgehead atoms. The average Bonchev–Trinajstić information content (AvgIpc) is 3.41. The van der Waals surface area contributed by atoms with E-state index in [9.17, 15) is 4.79 Å². The molecule has 2 N–H and O–H groups in total. The van der Waals surface area contributed by atoms with Crippen LogP contribution >= 0.6 is 0 Å². The second-order valence-corrected chi connectivity index (χ2v) is 7.47. The van der Waals surface area contributed by atoms with Crippen molar-refractivity contribution in [2.45, 2.75) is 39.2 Å². The number of hydrogen-bond acceptors (Lipinski definition) is 4. The maximum absolute atomic E-state index is 13.1. The van der Waals surface area contributed by atoms with Gasteiger partial charge in [-0.2, -0.15) is 10.2 Å². The first-order valence-corrected chi connectivity index (χ1v) is 9.42. The van der Waals surface area contributed by atoms with Gasteiger partial charge in [0.05, 0.1) is 17.9 Å². The lowest BCUT2D eigenvalue weighted by Crippen LogP contribution is -2.31. The first-order chi connectivity index (χ1) is 13.1. The van der Waals surface area contributed by atoms with Crippen LogP contribution in [0.4, 0.5) is 0 Å². The van der Waals surface area contributed by atoms with Crippen LogP contribution in [0.5, 0.6) is 0 Å². The van der Waals surface area contributed by atoms with Crippen molar-refractivity contribution in [1.82, 2.24) is 30.3 Å². The molecule has 3 aromatic rings. The number of hydrogen-bond donors (Lipinski definition) is 2. The maximum atomic E-state index is 13.1. The van der Waals surface area contributed by atoms with E-state index in [2.05, 4.69) is 39.2 Å². The number of aromatic amines is 2. The molecule has 0 aliphatic carbocycles. The van der Waals surface area contributed by atoms with Gasteiger partial charge in [0.1, 0.15) is 5.69 Å². The number of aromatic nitrogens is 5. The van der Waals surface area contributed by atoms with Gasteiger partial charge >= 0.3 is 0 Å². The molecule has 7 heteroatoms. The van der Waals surface area contributed by atoms with Gasteiger partial charge in [-0.15, -0.1) is 0 Å². The van der Waals surface area contributed by atoms with E-state index in [4.69, 9.17) is 0 Å². The first-order valence-electron chi connectivity index (χ1n) is 9.42. The van der Waals surface area contributed by atoms with Gasteiger partial charge in [-0.1, -0.05) is 13.8 Å². The molecule has 4 rings (SSSR count). The Morgan fingerprint density at radius 1 is 1.30 bits per heavy atom. The summed E-state index contributed by atoms with van der Waals surface area (Å²) in [5, 5.41) is 14.6. The van der Waals surface area contributed by atoms with E-state index in [-0.39, 0.29) is 11.9 Å². The minimum atomic E-state index is -0.0287. The largest absolute Gasteiger partial charge is 0.329 e. The highest BCUT2D eigenvalue weighted by atomic mass is 16.2. The molecule has 4 heterocycles. The lowest BCUT2D eigenvalue weighted by atomic mass is 10.0. The summed E-state index contributed by atoms with van der Waals surface area (Å²) < 4.78 is 0. The quantitative estimate of drug-likeness (QED) is 0.726. The molecule has 1 atom stereocenters. The molecule has 1 saturated heterocycles. The molecule has 140 valence electrons. The Bertz CT molecular complexity index is 913. The minimum absolute atomic E-state index is 0.0200. The number of nitrogens with one attached hydrogen (secondary N) is 2. The van der Waals surface area contributed by atoms with Crippen molar-refractivity contribution in [3.8, 4) is 11.1 Å². The molecule has 1 aliphatic rings. The van der Waals surface area contributed by atoms with E-state index in [0.29, 0.717) is 11.6 Å². The Morgan fingerprint density at radius 3 is 2.89 bits per heavy atom. The molecule has 0 saturated carbocycles. The zero-order valence-corrected chi connectivity index (χ0v) is 15.6. The fourth-order valence-corrected chi connectivity index (χ4v) is 3.78. The second kappa shape index (κ2) is 7.34. The van der Waals surface area contributed by atoms with Gasteiger partial charge < -0.3 is 4.90 Å². The van der Waals surface area contributed by atoms with Crippen molar-refractivity contribution in [2.75, 3.05) is 6.54 Å². The van der Waals surface area contributed by atoms with Gasteiger partial charge in [0, 0.05) is 30.2 Å². The predicted molar refractivity (Wildman–Crippen MR) is 102 cm³/mol. The molecule has 1 aliphatic heterocycles. The van der Waals surface area contributed by atoms with E-state index < -0.39 is 0 Å². The number of nitrogens with zero attached hydrogens (tertiary/aromatic N) is 4. The van der Waals surface area contributed by atoms with E-state index in [1.165, 1.54) is 0 Å². The third-order valence-electron chi connectivity index (χ3n) is 4.99. The van der Waals surface area contributed by atoms with Crippen LogP contribution < -0.4 is 0 Å². The lowest BCUT2D eigenvalue weighted by molar-refractivity contribution is 0.0727. The van der Waals surface area contributed by atoms with E-state index in [1.807, 2.05) is 29.3 Å². The molecular weight excluding hydrogens is 340 g/mol. The summed E-state index contributed by atoms with van der Waals surface area (Å²) in [7, 11) is 0. The zero-order chi connectivity index (χ0) is 18.8. The van der Waals surface area contributed by atoms with E-state index in [0.717, 1.165) is 48.3 Å². The van der Waals surface area contributed by atoms with Crippen molar-refractivity contribution < 1.29 is 4.79 Å². The van der Waals surface area contributed by atoms with Crippen molar-refractivity contribution >= 4 is 5.91 Å². The van der Waals surface area contributed by atoms with Crippen LogP contribution in [0.3, 0.4) is 0 Å². The van der Waals surface area contributed by atoms with Gasteiger partial charge in [0.2, 0.25) is 0 Å². The number of pyridine rings is 1. The van der Waals surface area contributed by atoms with Gasteiger partial charge in [-0.05, 0) is 48.9 Å². The average molecular weight is 364 g/mol. The minimum Gasteiger partial charge on any atom is -0.329 e. The number of likely N-dealkylation sites (tertiary alicyclic amines) is 1. The number of amides is 1. The monoisotopic (exact) mass is 364 g/mol. The number of H-pyrrole nitrogens is 2. The molecule has 1 amide bonds. The summed E-state index contributed by atoms with van der Waals surface area (Å²) in [5.74, 6) is 0.486. The summed E-state index contributed by atoms with van der Waals surface area (Å²) in [6.07, 6.45) is 8.12. The summed E-state index contributed by atoms with van der Waals surface area (Å²) in [6, 6.07) is 5.78. The number of rotatable bonds is 5. The highest BCUT2D eigenvalue weighted by molar-refractivity contribution is 5.93. The van der Waals surface area contributed by atoms with Gasteiger partial charge in [0.25, 0.3) is 5.91 Å². The van der Waals surface area contributed by atoms with Crippen molar-refractivity contribution in [1.29, 1.82) is 0 Å². The van der Waals surface area contributed by atoms with Gasteiger partial charge in [-0.25, -0.2) is 0 Å². The molecule has 0 unspecified atom stereocenters. The summed E-state index contributed by atoms with van der Waals surface area (Å²) in [6.45, 7) is 5.03. The highest BCUT2D eigenvalue weighted by Crippen LogP contribution is 2.37. The molecule has 3 aromatic heterocycles. The molecule has 7 nitrogen and oxygen atoms in total. The van der Waals surface area contributed by atoms with Gasteiger partial charge in [-0.3, -0.25) is 20.0 Å². The van der Waals surface area contributed by atoms with Crippen LogP contribution in [0.15, 0.2) is 36.8 Å². The smallest absolute Gasteiger partial charge is 0.274 e. The third kappa shape index (κ3) is 3.49. The van der Waals surface area contributed by atoms with Crippen LogP contribution in [-0.4, -0.2) is 42.7 Å². The highest BCUT2D eigenvalue weighted by Gasteiger charge is 2.34. The summed E-state index contributed by atoms with van der Waals surface area (Å²) >= 11 is 0. The fourth-order valence-electron chi connectivity index (χ4n) is 3.78. The Hall–Kier alpha value is -2.96. The van der Waals surface area contributed by atoms with Crippen LogP contribution in [0.25, 0.3) is 11.1 Å². The molecule has 0 radical (unpaired) electrons. The topological polar surface area (TPSA) is 90.6 Å². The van der Waals surface area contributed by atoms with Gasteiger partial charge in [0.15, 0.2) is 0 Å². The second-order valence-electron chi connectivity index (χ2n) is 7.47. The number of carbonyl (C=O) groups excluding carboxylic acids is 1. The fraction of sp³-hybridized carbons (Fsp3) is 0.400. The molecule has 1 fully saturated rings. The molecule has 0 spiro atoms. The standard InChI is InChI=1S/C20H24N6O/c1-13(2)10-15-11-17(24-23-15)20(27)26-9-3-4-18(26)19-16(12-22-25-19)14-5-7-21-8-6-14/h5-8,11-13,18H,3-4,9-10H2,1-2H3,(H,22,25)(H,23,24)/t18-/m1/s1. The van der Waals surface area contributed by atoms with Crippen molar-refractivity contribution in [3.05, 3.63) is 53.9 Å². The van der Waals surface area contributed by atoms with Crippen LogP contribution in [0, 0.1) is 5.92 Å². The normalized spacial score (nSPS) is 17.0. The summed E-state index contributed by atoms with van der Waals surface area (Å²) in [4.78, 5) is 19.1. The van der Waals surface area contributed by atoms with Crippen LogP contribution in [-0.2, 0) is 6.42 Å². The maximum Gasteiger partial charge on any atom is 0.274 e. The van der Waals surface area contributed by atoms with E-state index >= 15 is 0 Å². The third-order valence-corrected chi connectivity index (χ3v) is 4.99. The van der Waals surface area contributed by atoms with Crippen molar-refractivity contribution in [3.63, 3.8) is 0 Å². The van der Waals surface area contributed by atoms with E-state index in [1.54, 1.807) is 12.4 Å². The number of carbonyl (C=O) groups is 1. The van der Waals surface area contributed by atoms with Crippen LogP contribution in [0.2, 0.25) is 0 Å². The molecule has 0 aromatic carbocycles. The predicted octanol–water partition coefficient (Wildman–Crippen LogP) is 3.37. The summed E-state index contributed by atoms with van der Waals surface area (Å²) in [5.41, 5.74) is 4.53. The Balaban J connectivity index is 1.59. The molecular formula is C20H24N6O. The first kappa shape index (κ1) is 17.5.